The summed E-state index contributed by atoms with van der Waals surface area (Å²) >= 11 is 0. The van der Waals surface area contributed by atoms with Crippen LogP contribution in [-0.4, -0.2) is 17.7 Å². The van der Waals surface area contributed by atoms with E-state index in [1.807, 2.05) is 6.92 Å². The van der Waals surface area contributed by atoms with Crippen molar-refractivity contribution in [1.29, 1.82) is 0 Å². The molecule has 0 aliphatic carbocycles. The second kappa shape index (κ2) is 2.84. The molecule has 0 aromatic heterocycles. The zero-order chi connectivity index (χ0) is 9.47. The van der Waals surface area contributed by atoms with Crippen molar-refractivity contribution in [2.24, 2.45) is 0 Å². The van der Waals surface area contributed by atoms with Crippen LogP contribution in [-0.2, 0) is 9.53 Å². The van der Waals surface area contributed by atoms with Crippen LogP contribution < -0.4 is 5.32 Å². The maximum atomic E-state index is 11.1. The molecule has 0 aromatic carbocycles. The molecular formula is C10H15NO2. The second-order valence-corrected chi connectivity index (χ2v) is 4.06. The van der Waals surface area contributed by atoms with Crippen LogP contribution in [0.4, 0.5) is 0 Å². The van der Waals surface area contributed by atoms with Gasteiger partial charge in [0.05, 0.1) is 6.10 Å². The van der Waals surface area contributed by atoms with Gasteiger partial charge in [0.25, 0.3) is 0 Å². The molecular weight excluding hydrogens is 166 g/mol. The van der Waals surface area contributed by atoms with Crippen molar-refractivity contribution in [2.45, 2.75) is 44.9 Å². The highest BCUT2D eigenvalue weighted by Gasteiger charge is 2.40. The monoisotopic (exact) mass is 181 g/mol. The Hall–Kier alpha value is -0.830. The molecule has 1 saturated heterocycles. The van der Waals surface area contributed by atoms with Gasteiger partial charge in [-0.3, -0.25) is 4.79 Å². The van der Waals surface area contributed by atoms with Gasteiger partial charge in [-0.15, -0.1) is 0 Å². The van der Waals surface area contributed by atoms with Crippen LogP contribution in [0.3, 0.4) is 0 Å². The Morgan fingerprint density at radius 1 is 1.69 bits per heavy atom. The first kappa shape index (κ1) is 8.75. The minimum Gasteiger partial charge on any atom is -0.349 e. The second-order valence-electron chi connectivity index (χ2n) is 4.06. The highest BCUT2D eigenvalue weighted by atomic mass is 16.5. The lowest BCUT2D eigenvalue weighted by Crippen LogP contribution is -2.46. The van der Waals surface area contributed by atoms with Crippen molar-refractivity contribution in [3.05, 3.63) is 11.6 Å². The lowest BCUT2D eigenvalue weighted by Gasteiger charge is -2.34. The van der Waals surface area contributed by atoms with Crippen molar-refractivity contribution in [3.8, 4) is 0 Å². The molecule has 3 heteroatoms. The van der Waals surface area contributed by atoms with Crippen LogP contribution in [0.2, 0.25) is 0 Å². The summed E-state index contributed by atoms with van der Waals surface area (Å²) in [6.45, 7) is 4.13. The van der Waals surface area contributed by atoms with Gasteiger partial charge in [-0.05, 0) is 26.3 Å². The van der Waals surface area contributed by atoms with E-state index >= 15 is 0 Å². The Labute approximate surface area is 78.1 Å². The molecule has 1 unspecified atom stereocenters. The highest BCUT2D eigenvalue weighted by Crippen LogP contribution is 2.31. The van der Waals surface area contributed by atoms with Crippen molar-refractivity contribution >= 4 is 5.91 Å². The van der Waals surface area contributed by atoms with E-state index in [0.29, 0.717) is 6.42 Å². The van der Waals surface area contributed by atoms with Crippen molar-refractivity contribution in [1.82, 2.24) is 5.32 Å². The first-order chi connectivity index (χ1) is 6.10. The number of nitrogens with one attached hydrogen (secondary N) is 1. The normalized spacial score (nSPS) is 39.1. The summed E-state index contributed by atoms with van der Waals surface area (Å²) in [6, 6.07) is 0. The van der Waals surface area contributed by atoms with E-state index in [0.717, 1.165) is 12.8 Å². The molecule has 1 N–H and O–H groups in total. The van der Waals surface area contributed by atoms with E-state index in [1.54, 1.807) is 0 Å². The summed E-state index contributed by atoms with van der Waals surface area (Å²) in [6.07, 6.45) is 4.59. The zero-order valence-corrected chi connectivity index (χ0v) is 8.09. The van der Waals surface area contributed by atoms with Gasteiger partial charge in [0, 0.05) is 12.8 Å². The lowest BCUT2D eigenvalue weighted by molar-refractivity contribution is -0.125. The zero-order valence-electron chi connectivity index (χ0n) is 8.09. The first-order valence-electron chi connectivity index (χ1n) is 4.77. The SMILES string of the molecule is CC1=CC2(CCC(=O)N2)O[C@H](C)C1. The minimum atomic E-state index is -0.473. The largest absolute Gasteiger partial charge is 0.349 e. The van der Waals surface area contributed by atoms with Crippen molar-refractivity contribution < 1.29 is 9.53 Å². The maximum absolute atomic E-state index is 11.1. The molecule has 1 spiro atoms. The van der Waals surface area contributed by atoms with Crippen LogP contribution in [0.5, 0.6) is 0 Å². The summed E-state index contributed by atoms with van der Waals surface area (Å²) in [5.74, 6) is 0.0955. The number of ether oxygens (including phenoxy) is 1. The fourth-order valence-electron chi connectivity index (χ4n) is 2.20. The topological polar surface area (TPSA) is 38.3 Å². The molecule has 2 aliphatic rings. The molecule has 2 atom stereocenters. The average Bonchev–Trinajstić information content (AvgIpc) is 2.28. The van der Waals surface area contributed by atoms with Crippen LogP contribution in [0.25, 0.3) is 0 Å². The molecule has 1 amide bonds. The third kappa shape index (κ3) is 1.61. The van der Waals surface area contributed by atoms with Gasteiger partial charge in [-0.25, -0.2) is 0 Å². The van der Waals surface area contributed by atoms with E-state index in [1.165, 1.54) is 5.57 Å². The van der Waals surface area contributed by atoms with E-state index < -0.39 is 5.72 Å². The van der Waals surface area contributed by atoms with Crippen LogP contribution in [0.15, 0.2) is 11.6 Å². The molecule has 2 rings (SSSR count). The van der Waals surface area contributed by atoms with E-state index in [9.17, 15) is 4.79 Å². The highest BCUT2D eigenvalue weighted by molar-refractivity contribution is 5.79. The van der Waals surface area contributed by atoms with Gasteiger partial charge in [-0.2, -0.15) is 0 Å². The fourth-order valence-corrected chi connectivity index (χ4v) is 2.20. The molecule has 13 heavy (non-hydrogen) atoms. The standard InChI is InChI=1S/C10H15NO2/c1-7-5-8(2)13-10(6-7)4-3-9(12)11-10/h6,8H,3-5H2,1-2H3,(H,11,12)/t8-,10?/m1/s1. The Morgan fingerprint density at radius 2 is 2.46 bits per heavy atom. The molecule has 0 saturated carbocycles. The number of rotatable bonds is 0. The number of hydrogen-bond donors (Lipinski definition) is 1. The molecule has 2 heterocycles. The van der Waals surface area contributed by atoms with E-state index in [2.05, 4.69) is 18.3 Å². The van der Waals surface area contributed by atoms with Gasteiger partial charge >= 0.3 is 0 Å². The smallest absolute Gasteiger partial charge is 0.222 e. The van der Waals surface area contributed by atoms with Gasteiger partial charge in [-0.1, -0.05) is 5.57 Å². The number of amides is 1. The fraction of sp³-hybridized carbons (Fsp3) is 0.700. The van der Waals surface area contributed by atoms with Gasteiger partial charge in [0.1, 0.15) is 0 Å². The molecule has 1 fully saturated rings. The minimum absolute atomic E-state index is 0.0955. The molecule has 2 aliphatic heterocycles. The van der Waals surface area contributed by atoms with Crippen molar-refractivity contribution in [3.63, 3.8) is 0 Å². The Balaban J connectivity index is 2.23. The van der Waals surface area contributed by atoms with Crippen LogP contribution >= 0.6 is 0 Å². The van der Waals surface area contributed by atoms with Gasteiger partial charge < -0.3 is 10.1 Å². The summed E-state index contributed by atoms with van der Waals surface area (Å²) in [7, 11) is 0. The summed E-state index contributed by atoms with van der Waals surface area (Å²) < 4.78 is 5.77. The number of carbonyl (C=O) groups is 1. The Kier molecular flexibility index (Phi) is 1.91. The average molecular weight is 181 g/mol. The number of hydrogen-bond acceptors (Lipinski definition) is 2. The third-order valence-electron chi connectivity index (χ3n) is 2.57. The predicted molar refractivity (Wildman–Crippen MR) is 49.0 cm³/mol. The summed E-state index contributed by atoms with van der Waals surface area (Å²) in [5, 5.41) is 2.89. The van der Waals surface area contributed by atoms with Gasteiger partial charge in [0.15, 0.2) is 5.72 Å². The Morgan fingerprint density at radius 3 is 3.00 bits per heavy atom. The van der Waals surface area contributed by atoms with Crippen LogP contribution in [0.1, 0.15) is 33.1 Å². The van der Waals surface area contributed by atoms with Crippen molar-refractivity contribution in [2.75, 3.05) is 0 Å². The maximum Gasteiger partial charge on any atom is 0.222 e. The quantitative estimate of drug-likeness (QED) is 0.573. The number of carbonyl (C=O) groups excluding carboxylic acids is 1. The van der Waals surface area contributed by atoms with E-state index in [-0.39, 0.29) is 12.0 Å². The molecule has 72 valence electrons. The molecule has 0 aromatic rings. The molecule has 0 radical (unpaired) electrons. The first-order valence-corrected chi connectivity index (χ1v) is 4.77. The van der Waals surface area contributed by atoms with Crippen LogP contribution in [0, 0.1) is 0 Å². The molecule has 3 nitrogen and oxygen atoms in total. The summed E-state index contributed by atoms with van der Waals surface area (Å²) in [5.41, 5.74) is 0.833. The summed E-state index contributed by atoms with van der Waals surface area (Å²) in [4.78, 5) is 11.1. The predicted octanol–water partition coefficient (Wildman–Crippen LogP) is 1.35. The molecule has 0 bridgehead atoms. The lowest BCUT2D eigenvalue weighted by atomic mass is 10.00. The Bertz CT molecular complexity index is 272. The van der Waals surface area contributed by atoms with Gasteiger partial charge in [0.2, 0.25) is 5.91 Å². The third-order valence-corrected chi connectivity index (χ3v) is 2.57. The van der Waals surface area contributed by atoms with E-state index in [4.69, 9.17) is 4.74 Å².